The smallest absolute Gasteiger partial charge is 0.344 e. The monoisotopic (exact) mass is 371 g/mol. The van der Waals surface area contributed by atoms with Crippen LogP contribution in [0.4, 0.5) is 0 Å². The Labute approximate surface area is 159 Å². The lowest BCUT2D eigenvalue weighted by atomic mass is 10.2. The number of hydrogen-bond acceptors (Lipinski definition) is 5. The molecule has 0 fully saturated rings. The van der Waals surface area contributed by atoms with Gasteiger partial charge in [-0.3, -0.25) is 4.79 Å². The van der Waals surface area contributed by atoms with Crippen LogP contribution < -0.4 is 14.8 Å². The maximum absolute atomic E-state index is 11.8. The van der Waals surface area contributed by atoms with Gasteiger partial charge in [0.25, 0.3) is 5.91 Å². The zero-order chi connectivity index (χ0) is 19.5. The number of rotatable bonds is 10. The predicted molar refractivity (Wildman–Crippen MR) is 102 cm³/mol. The molecule has 0 spiro atoms. The summed E-state index contributed by atoms with van der Waals surface area (Å²) < 4.78 is 16.1. The molecule has 0 radical (unpaired) electrons. The first-order valence-electron chi connectivity index (χ1n) is 8.95. The van der Waals surface area contributed by atoms with Crippen LogP contribution >= 0.6 is 0 Å². The van der Waals surface area contributed by atoms with E-state index < -0.39 is 12.1 Å². The number of carbonyl (C=O) groups is 2. The second kappa shape index (κ2) is 10.9. The first-order valence-corrected chi connectivity index (χ1v) is 8.95. The van der Waals surface area contributed by atoms with Crippen LogP contribution in [0.15, 0.2) is 54.6 Å². The van der Waals surface area contributed by atoms with E-state index in [4.69, 9.17) is 14.2 Å². The molecule has 1 atom stereocenters. The van der Waals surface area contributed by atoms with Gasteiger partial charge in [0, 0.05) is 6.54 Å². The molecule has 1 N–H and O–H groups in total. The van der Waals surface area contributed by atoms with Gasteiger partial charge in [-0.2, -0.15) is 0 Å². The summed E-state index contributed by atoms with van der Waals surface area (Å²) in [6.45, 7) is 4.24. The van der Waals surface area contributed by atoms with Crippen LogP contribution in [0.1, 0.15) is 25.8 Å². The Morgan fingerprint density at radius 2 is 1.59 bits per heavy atom. The van der Waals surface area contributed by atoms with Crippen molar-refractivity contribution in [1.82, 2.24) is 5.32 Å². The Morgan fingerprint density at radius 3 is 2.22 bits per heavy atom. The molecule has 6 nitrogen and oxygen atoms in total. The predicted octanol–water partition coefficient (Wildman–Crippen LogP) is 3.10. The van der Waals surface area contributed by atoms with Crippen LogP contribution in [-0.4, -0.2) is 31.1 Å². The van der Waals surface area contributed by atoms with Gasteiger partial charge in [-0.1, -0.05) is 37.3 Å². The van der Waals surface area contributed by atoms with E-state index in [9.17, 15) is 9.59 Å². The minimum Gasteiger partial charge on any atom is -0.489 e. The summed E-state index contributed by atoms with van der Waals surface area (Å²) >= 11 is 0. The number of esters is 1. The zero-order valence-electron chi connectivity index (χ0n) is 15.6. The average Bonchev–Trinajstić information content (AvgIpc) is 2.70. The lowest BCUT2D eigenvalue weighted by molar-refractivity contribution is -0.156. The summed E-state index contributed by atoms with van der Waals surface area (Å²) in [5.41, 5.74) is 1.08. The van der Waals surface area contributed by atoms with Crippen LogP contribution in [0.2, 0.25) is 0 Å². The van der Waals surface area contributed by atoms with Crippen molar-refractivity contribution in [3.05, 3.63) is 60.2 Å². The molecule has 0 aliphatic heterocycles. The fraction of sp³-hybridized carbons (Fsp3) is 0.333. The molecule has 144 valence electrons. The van der Waals surface area contributed by atoms with E-state index in [-0.39, 0.29) is 12.5 Å². The molecule has 6 heteroatoms. The van der Waals surface area contributed by atoms with Crippen LogP contribution in [0.3, 0.4) is 0 Å². The van der Waals surface area contributed by atoms with E-state index in [1.807, 2.05) is 37.3 Å². The highest BCUT2D eigenvalue weighted by atomic mass is 16.6. The summed E-state index contributed by atoms with van der Waals surface area (Å²) in [5.74, 6) is 0.306. The van der Waals surface area contributed by atoms with Crippen molar-refractivity contribution in [3.63, 3.8) is 0 Å². The summed E-state index contributed by atoms with van der Waals surface area (Å²) in [6.07, 6.45) is -0.0259. The summed E-state index contributed by atoms with van der Waals surface area (Å²) in [4.78, 5) is 23.4. The summed E-state index contributed by atoms with van der Waals surface area (Å²) in [5, 5.41) is 2.67. The molecule has 0 saturated heterocycles. The molecule has 0 aliphatic carbocycles. The van der Waals surface area contributed by atoms with Crippen LogP contribution in [0.25, 0.3) is 0 Å². The number of amides is 1. The highest BCUT2D eigenvalue weighted by molar-refractivity contribution is 5.83. The van der Waals surface area contributed by atoms with Gasteiger partial charge in [-0.15, -0.1) is 0 Å². The highest BCUT2D eigenvalue weighted by Crippen LogP contribution is 2.18. The fourth-order valence-electron chi connectivity index (χ4n) is 2.19. The molecular formula is C21H25NO5. The van der Waals surface area contributed by atoms with Gasteiger partial charge >= 0.3 is 5.97 Å². The van der Waals surface area contributed by atoms with Gasteiger partial charge in [-0.05, 0) is 43.2 Å². The number of hydrogen-bond donors (Lipinski definition) is 1. The lowest BCUT2D eigenvalue weighted by Gasteiger charge is -2.13. The van der Waals surface area contributed by atoms with Crippen molar-refractivity contribution >= 4 is 11.9 Å². The number of nitrogens with one attached hydrogen (secondary N) is 1. The minimum atomic E-state index is -0.846. The lowest BCUT2D eigenvalue weighted by Crippen LogP contribution is -2.37. The Hall–Kier alpha value is -3.02. The van der Waals surface area contributed by atoms with Crippen LogP contribution in [0, 0.1) is 0 Å². The third-order valence-electron chi connectivity index (χ3n) is 3.66. The standard InChI is InChI=1S/C21H25NO5/c1-3-13-22-21(24)16(2)27-20(23)15-26-19-11-9-18(10-12-19)25-14-17-7-5-4-6-8-17/h4-12,16H,3,13-15H2,1-2H3,(H,22,24). The molecule has 0 bridgehead atoms. The van der Waals surface area contributed by atoms with Gasteiger partial charge in [0.1, 0.15) is 18.1 Å². The van der Waals surface area contributed by atoms with Gasteiger partial charge in [0.15, 0.2) is 12.7 Å². The first-order chi connectivity index (χ1) is 13.1. The van der Waals surface area contributed by atoms with Gasteiger partial charge in [-0.25, -0.2) is 4.79 Å². The molecule has 0 saturated carbocycles. The van der Waals surface area contributed by atoms with Crippen molar-refractivity contribution in [2.24, 2.45) is 0 Å². The molecule has 27 heavy (non-hydrogen) atoms. The Bertz CT molecular complexity index is 715. The summed E-state index contributed by atoms with van der Waals surface area (Å²) in [7, 11) is 0. The van der Waals surface area contributed by atoms with E-state index in [1.165, 1.54) is 6.92 Å². The van der Waals surface area contributed by atoms with Gasteiger partial charge in [0.05, 0.1) is 0 Å². The van der Waals surface area contributed by atoms with Crippen molar-refractivity contribution in [2.45, 2.75) is 33.0 Å². The Morgan fingerprint density at radius 1 is 0.963 bits per heavy atom. The Kier molecular flexibility index (Phi) is 8.16. The van der Waals surface area contributed by atoms with Crippen molar-refractivity contribution < 1.29 is 23.8 Å². The van der Waals surface area contributed by atoms with Gasteiger partial charge < -0.3 is 19.5 Å². The SMILES string of the molecule is CCCNC(=O)C(C)OC(=O)COc1ccc(OCc2ccccc2)cc1. The minimum absolute atomic E-state index is 0.268. The highest BCUT2D eigenvalue weighted by Gasteiger charge is 2.17. The van der Waals surface area contributed by atoms with Crippen molar-refractivity contribution in [2.75, 3.05) is 13.2 Å². The molecule has 0 aliphatic rings. The van der Waals surface area contributed by atoms with Gasteiger partial charge in [0.2, 0.25) is 0 Å². The Balaban J connectivity index is 1.72. The molecule has 2 rings (SSSR count). The average molecular weight is 371 g/mol. The molecule has 2 aromatic rings. The normalized spacial score (nSPS) is 11.3. The fourth-order valence-corrected chi connectivity index (χ4v) is 2.19. The zero-order valence-corrected chi connectivity index (χ0v) is 15.6. The molecule has 2 aromatic carbocycles. The van der Waals surface area contributed by atoms with E-state index >= 15 is 0 Å². The topological polar surface area (TPSA) is 73.9 Å². The van der Waals surface area contributed by atoms with Crippen LogP contribution in [0.5, 0.6) is 11.5 Å². The van der Waals surface area contributed by atoms with E-state index in [1.54, 1.807) is 24.3 Å². The number of ether oxygens (including phenoxy) is 3. The second-order valence-electron chi connectivity index (χ2n) is 5.96. The summed E-state index contributed by atoms with van der Waals surface area (Å²) in [6, 6.07) is 16.8. The van der Waals surface area contributed by atoms with Crippen molar-refractivity contribution in [1.29, 1.82) is 0 Å². The quantitative estimate of drug-likeness (QED) is 0.650. The van der Waals surface area contributed by atoms with Crippen LogP contribution in [-0.2, 0) is 20.9 Å². The molecule has 1 amide bonds. The largest absolute Gasteiger partial charge is 0.489 e. The van der Waals surface area contributed by atoms with E-state index in [2.05, 4.69) is 5.32 Å². The van der Waals surface area contributed by atoms with E-state index in [0.29, 0.717) is 24.7 Å². The third-order valence-corrected chi connectivity index (χ3v) is 3.66. The molecule has 0 heterocycles. The van der Waals surface area contributed by atoms with E-state index in [0.717, 1.165) is 12.0 Å². The first kappa shape index (κ1) is 20.3. The number of carbonyl (C=O) groups excluding carboxylic acids is 2. The molecule has 0 aromatic heterocycles. The molecule has 1 unspecified atom stereocenters. The maximum Gasteiger partial charge on any atom is 0.344 e. The van der Waals surface area contributed by atoms with Crippen molar-refractivity contribution in [3.8, 4) is 11.5 Å². The third kappa shape index (κ3) is 7.40. The maximum atomic E-state index is 11.8. The second-order valence-corrected chi connectivity index (χ2v) is 5.96. The molecular weight excluding hydrogens is 346 g/mol. The number of benzene rings is 2.